The molecule has 0 bridgehead atoms. The molecule has 7 heteroatoms. The van der Waals surface area contributed by atoms with E-state index in [9.17, 15) is 23.1 Å². The number of hydrogen-bond acceptors (Lipinski definition) is 3. The van der Waals surface area contributed by atoms with Crippen molar-refractivity contribution in [2.24, 2.45) is 5.92 Å². The van der Waals surface area contributed by atoms with Crippen LogP contribution in [0.15, 0.2) is 18.3 Å². The number of rotatable bonds is 4. The number of carbonyl (C=O) groups excluding carboxylic acids is 1. The number of alkyl halides is 3. The molecule has 1 heterocycles. The maximum atomic E-state index is 12.3. The largest absolute Gasteiger partial charge is 0.546 e. The molecule has 0 fully saturated rings. The molecule has 1 rings (SSSR count). The first-order valence-corrected chi connectivity index (χ1v) is 5.28. The highest BCUT2D eigenvalue weighted by Crippen LogP contribution is 2.28. The van der Waals surface area contributed by atoms with E-state index in [0.29, 0.717) is 0 Å². The summed E-state index contributed by atoms with van der Waals surface area (Å²) in [6.45, 7) is 3.33. The van der Waals surface area contributed by atoms with E-state index >= 15 is 0 Å². The second kappa shape index (κ2) is 5.24. The van der Waals surface area contributed by atoms with Gasteiger partial charge in [-0.15, -0.1) is 0 Å². The van der Waals surface area contributed by atoms with Crippen molar-refractivity contribution in [2.45, 2.75) is 26.1 Å². The molecule has 0 radical (unpaired) electrons. The number of carboxylic acid groups (broad SMARTS) is 1. The summed E-state index contributed by atoms with van der Waals surface area (Å²) in [5.41, 5.74) is -0.831. The van der Waals surface area contributed by atoms with E-state index in [0.717, 1.165) is 18.3 Å². The number of carbonyl (C=O) groups is 1. The van der Waals surface area contributed by atoms with Crippen LogP contribution in [0, 0.1) is 5.92 Å². The van der Waals surface area contributed by atoms with Gasteiger partial charge in [-0.3, -0.25) is 5.32 Å². The third kappa shape index (κ3) is 3.61. The van der Waals surface area contributed by atoms with Gasteiger partial charge in [-0.05, 0) is 12.0 Å². The van der Waals surface area contributed by atoms with Crippen LogP contribution in [0.5, 0.6) is 0 Å². The lowest BCUT2D eigenvalue weighted by Crippen LogP contribution is -2.45. The quantitative estimate of drug-likeness (QED) is 0.868. The Labute approximate surface area is 102 Å². The van der Waals surface area contributed by atoms with Gasteiger partial charge in [0, 0.05) is 6.07 Å². The van der Waals surface area contributed by atoms with Crippen LogP contribution in [0.1, 0.15) is 19.4 Å². The van der Waals surface area contributed by atoms with Crippen LogP contribution >= 0.6 is 0 Å². The molecule has 100 valence electrons. The Bertz CT molecular complexity index is 415. The summed E-state index contributed by atoms with van der Waals surface area (Å²) in [6.07, 6.45) is -3.66. The van der Waals surface area contributed by atoms with Crippen LogP contribution < -0.4 is 15.4 Å². The summed E-state index contributed by atoms with van der Waals surface area (Å²) >= 11 is 0. The second-order valence-electron chi connectivity index (χ2n) is 4.17. The number of H-pyrrole nitrogens is 1. The molecule has 4 nitrogen and oxygen atoms in total. The number of hydrogen-bond donors (Lipinski definition) is 1. The summed E-state index contributed by atoms with van der Waals surface area (Å²) < 4.78 is 36.9. The van der Waals surface area contributed by atoms with E-state index in [1.165, 1.54) is 0 Å². The Hall–Kier alpha value is -1.79. The predicted octanol–water partition coefficient (Wildman–Crippen LogP) is 0.706. The SMILES string of the molecule is CC(C)[C@@H](Nc1ccc(C(F)(F)F)c[nH+]1)C(=O)[O-]. The fourth-order valence-corrected chi connectivity index (χ4v) is 1.36. The van der Waals surface area contributed by atoms with Crippen LogP contribution in [0.25, 0.3) is 0 Å². The maximum absolute atomic E-state index is 12.3. The summed E-state index contributed by atoms with van der Waals surface area (Å²) in [4.78, 5) is 13.2. The van der Waals surface area contributed by atoms with Gasteiger partial charge in [0.2, 0.25) is 0 Å². The zero-order valence-corrected chi connectivity index (χ0v) is 9.84. The van der Waals surface area contributed by atoms with Crippen LogP contribution in [-0.4, -0.2) is 12.0 Å². The van der Waals surface area contributed by atoms with Gasteiger partial charge in [0.1, 0.15) is 12.2 Å². The molecule has 1 aromatic rings. The minimum absolute atomic E-state index is 0.186. The minimum Gasteiger partial charge on any atom is -0.546 e. The zero-order valence-electron chi connectivity index (χ0n) is 9.84. The van der Waals surface area contributed by atoms with Crippen LogP contribution in [-0.2, 0) is 11.0 Å². The van der Waals surface area contributed by atoms with Gasteiger partial charge in [-0.2, -0.15) is 13.2 Å². The maximum Gasteiger partial charge on any atom is 0.419 e. The number of nitrogens with one attached hydrogen (secondary N) is 2. The molecular weight excluding hydrogens is 249 g/mol. The van der Waals surface area contributed by atoms with Gasteiger partial charge in [0.25, 0.3) is 5.82 Å². The number of anilines is 1. The Balaban J connectivity index is 2.83. The summed E-state index contributed by atoms with van der Waals surface area (Å²) in [5, 5.41) is 13.4. The third-order valence-corrected chi connectivity index (χ3v) is 2.37. The van der Waals surface area contributed by atoms with E-state index in [1.54, 1.807) is 13.8 Å². The average molecular weight is 262 g/mol. The zero-order chi connectivity index (χ0) is 13.9. The van der Waals surface area contributed by atoms with E-state index in [-0.39, 0.29) is 11.7 Å². The Morgan fingerprint density at radius 2 is 2.00 bits per heavy atom. The molecule has 1 aromatic heterocycles. The average Bonchev–Trinajstić information content (AvgIpc) is 2.24. The topological polar surface area (TPSA) is 66.3 Å². The van der Waals surface area contributed by atoms with Crippen LogP contribution in [0.2, 0.25) is 0 Å². The molecule has 18 heavy (non-hydrogen) atoms. The number of carboxylic acids is 1. The van der Waals surface area contributed by atoms with Crippen molar-refractivity contribution in [3.05, 3.63) is 23.9 Å². The van der Waals surface area contributed by atoms with E-state index < -0.39 is 23.8 Å². The summed E-state index contributed by atoms with van der Waals surface area (Å²) in [7, 11) is 0. The van der Waals surface area contributed by atoms with Crippen molar-refractivity contribution in [3.63, 3.8) is 0 Å². The molecule has 0 saturated heterocycles. The Kier molecular flexibility index (Phi) is 4.15. The molecule has 0 aliphatic rings. The van der Waals surface area contributed by atoms with Crippen molar-refractivity contribution >= 4 is 11.8 Å². The second-order valence-corrected chi connectivity index (χ2v) is 4.17. The fourth-order valence-electron chi connectivity index (χ4n) is 1.36. The molecular formula is C11H13F3N2O2. The molecule has 0 saturated carbocycles. The normalized spacial score (nSPS) is 13.4. The van der Waals surface area contributed by atoms with E-state index in [2.05, 4.69) is 10.3 Å². The number of halogens is 3. The first kappa shape index (κ1) is 14.3. The minimum atomic E-state index is -4.43. The molecule has 0 unspecified atom stereocenters. The van der Waals surface area contributed by atoms with Crippen LogP contribution in [0.4, 0.5) is 19.0 Å². The van der Waals surface area contributed by atoms with E-state index in [4.69, 9.17) is 0 Å². The molecule has 0 amide bonds. The number of aliphatic carboxylic acids is 1. The molecule has 0 spiro atoms. The van der Waals surface area contributed by atoms with Gasteiger partial charge in [0.05, 0.1) is 11.5 Å². The first-order chi connectivity index (χ1) is 8.21. The first-order valence-electron chi connectivity index (χ1n) is 5.28. The highest BCUT2D eigenvalue weighted by molar-refractivity contribution is 5.74. The van der Waals surface area contributed by atoms with Crippen LogP contribution in [0.3, 0.4) is 0 Å². The van der Waals surface area contributed by atoms with Crippen molar-refractivity contribution in [2.75, 3.05) is 5.32 Å². The van der Waals surface area contributed by atoms with Gasteiger partial charge in [-0.1, -0.05) is 13.8 Å². The number of aromatic nitrogens is 1. The van der Waals surface area contributed by atoms with Crippen molar-refractivity contribution in [1.82, 2.24) is 0 Å². The fraction of sp³-hybridized carbons (Fsp3) is 0.455. The molecule has 0 aliphatic heterocycles. The Morgan fingerprint density at radius 3 is 2.33 bits per heavy atom. The van der Waals surface area contributed by atoms with Gasteiger partial charge < -0.3 is 9.90 Å². The van der Waals surface area contributed by atoms with Gasteiger partial charge >= 0.3 is 6.18 Å². The Morgan fingerprint density at radius 1 is 1.39 bits per heavy atom. The van der Waals surface area contributed by atoms with Gasteiger partial charge in [0.15, 0.2) is 0 Å². The van der Waals surface area contributed by atoms with E-state index in [1.807, 2.05) is 0 Å². The standard InChI is InChI=1S/C11H13F3N2O2/c1-6(2)9(10(17)18)16-8-4-3-7(5-15-8)11(12,13)14/h3-6,9H,1-2H3,(H,15,16)(H,17,18)/t9-/m1/s1. The highest BCUT2D eigenvalue weighted by Gasteiger charge is 2.32. The van der Waals surface area contributed by atoms with Crippen molar-refractivity contribution in [1.29, 1.82) is 0 Å². The molecule has 2 N–H and O–H groups in total. The summed E-state index contributed by atoms with van der Waals surface area (Å²) in [6, 6.07) is 1.03. The number of pyridine rings is 1. The van der Waals surface area contributed by atoms with Crippen molar-refractivity contribution in [3.8, 4) is 0 Å². The lowest BCUT2D eigenvalue weighted by atomic mass is 10.1. The summed E-state index contributed by atoms with van der Waals surface area (Å²) in [5.74, 6) is -1.38. The molecule has 0 aromatic carbocycles. The smallest absolute Gasteiger partial charge is 0.419 e. The molecule has 1 atom stereocenters. The number of aromatic amines is 1. The lowest BCUT2D eigenvalue weighted by Gasteiger charge is -2.18. The predicted molar refractivity (Wildman–Crippen MR) is 55.3 cm³/mol. The highest BCUT2D eigenvalue weighted by atomic mass is 19.4. The third-order valence-electron chi connectivity index (χ3n) is 2.37. The van der Waals surface area contributed by atoms with Gasteiger partial charge in [-0.25, -0.2) is 4.98 Å². The molecule has 0 aliphatic carbocycles. The lowest BCUT2D eigenvalue weighted by molar-refractivity contribution is -0.365. The monoisotopic (exact) mass is 262 g/mol. The van der Waals surface area contributed by atoms with Crippen molar-refractivity contribution < 1.29 is 28.1 Å².